The van der Waals surface area contributed by atoms with Crippen LogP contribution in [0.1, 0.15) is 10.4 Å². The smallest absolute Gasteiger partial charge is 0.310 e. The number of hydrogen-bond acceptors (Lipinski definition) is 1. The van der Waals surface area contributed by atoms with Crippen LogP contribution in [0.25, 0.3) is 0 Å². The lowest BCUT2D eigenvalue weighted by molar-refractivity contribution is 0.1000. The van der Waals surface area contributed by atoms with Crippen LogP contribution in [0.15, 0.2) is 29.2 Å². The van der Waals surface area contributed by atoms with Gasteiger partial charge in [-0.2, -0.15) is 0 Å². The van der Waals surface area contributed by atoms with Gasteiger partial charge in [0.05, 0.1) is 0 Å². The zero-order chi connectivity index (χ0) is 12.0. The third-order valence-electron chi connectivity index (χ3n) is 1.58. The molecule has 86 valence electrons. The van der Waals surface area contributed by atoms with E-state index in [1.165, 1.54) is 0 Å². The molecule has 0 atom stereocenters. The maximum Gasteiger partial charge on any atom is 0.310 e. The fraction of sp³-hybridized carbons (Fsp3) is 0. The fourth-order valence-electron chi connectivity index (χ4n) is 0.876. The van der Waals surface area contributed by atoms with Gasteiger partial charge in [0.1, 0.15) is 4.90 Å². The normalized spacial score (nSPS) is 16.6. The highest BCUT2D eigenvalue weighted by Gasteiger charge is 2.65. The monoisotopic (exact) mass is 247 g/mol. The molecule has 8 heteroatoms. The predicted octanol–water partition coefficient (Wildman–Crippen LogP) is 3.44. The van der Waals surface area contributed by atoms with Gasteiger partial charge in [-0.05, 0) is 24.3 Å². The number of nitrogens with two attached hydrogens (primary N) is 1. The summed E-state index contributed by atoms with van der Waals surface area (Å²) in [7, 11) is -9.64. The minimum Gasteiger partial charge on any atom is -0.366 e. The van der Waals surface area contributed by atoms with Crippen LogP contribution in [0.4, 0.5) is 19.4 Å². The zero-order valence-electron chi connectivity index (χ0n) is 7.09. The summed E-state index contributed by atoms with van der Waals surface area (Å²) < 4.78 is 60.8. The largest absolute Gasteiger partial charge is 0.366 e. The van der Waals surface area contributed by atoms with Gasteiger partial charge in [0, 0.05) is 5.56 Å². The molecule has 0 radical (unpaired) electrons. The van der Waals surface area contributed by atoms with Gasteiger partial charge in [-0.1, -0.05) is 19.4 Å². The Labute approximate surface area is 81.6 Å². The van der Waals surface area contributed by atoms with Crippen LogP contribution < -0.4 is 5.73 Å². The van der Waals surface area contributed by atoms with Crippen LogP contribution >= 0.6 is 10.2 Å². The van der Waals surface area contributed by atoms with Crippen LogP contribution in [0.3, 0.4) is 0 Å². The fourth-order valence-corrected chi connectivity index (χ4v) is 1.53. The van der Waals surface area contributed by atoms with Crippen molar-refractivity contribution < 1.29 is 24.2 Å². The molecule has 0 bridgehead atoms. The SMILES string of the molecule is NC(=O)c1ccc(S(F)(F)(F)(F)F)cc1. The summed E-state index contributed by atoms with van der Waals surface area (Å²) in [5, 5.41) is 0. The van der Waals surface area contributed by atoms with Crippen molar-refractivity contribution in [2.45, 2.75) is 4.90 Å². The lowest BCUT2D eigenvalue weighted by Crippen LogP contribution is -2.12. The van der Waals surface area contributed by atoms with Gasteiger partial charge >= 0.3 is 10.2 Å². The Hall–Kier alpha value is -1.31. The molecule has 0 saturated carbocycles. The molecule has 1 amide bonds. The van der Waals surface area contributed by atoms with E-state index < -0.39 is 21.0 Å². The molecule has 0 aliphatic carbocycles. The number of carbonyl (C=O) groups excluding carboxylic acids is 1. The van der Waals surface area contributed by atoms with E-state index in [1.54, 1.807) is 0 Å². The van der Waals surface area contributed by atoms with E-state index in [-0.39, 0.29) is 17.7 Å². The maximum absolute atomic E-state index is 12.2. The number of rotatable bonds is 2. The molecule has 1 rings (SSSR count). The van der Waals surface area contributed by atoms with E-state index in [1.807, 2.05) is 0 Å². The van der Waals surface area contributed by atoms with Gasteiger partial charge in [-0.15, -0.1) is 0 Å². The highest BCUT2D eigenvalue weighted by atomic mass is 32.5. The van der Waals surface area contributed by atoms with E-state index >= 15 is 0 Å². The Morgan fingerprint density at radius 3 is 1.67 bits per heavy atom. The third-order valence-corrected chi connectivity index (χ3v) is 2.75. The number of halogens is 5. The Morgan fingerprint density at radius 2 is 1.40 bits per heavy atom. The number of hydrogen-bond donors (Lipinski definition) is 1. The van der Waals surface area contributed by atoms with Gasteiger partial charge in [0.2, 0.25) is 5.91 Å². The van der Waals surface area contributed by atoms with Gasteiger partial charge < -0.3 is 5.73 Å². The first-order chi connectivity index (χ1) is 6.40. The molecular formula is C7H6F5NOS. The highest BCUT2D eigenvalue weighted by molar-refractivity contribution is 8.45. The number of carbonyl (C=O) groups is 1. The summed E-state index contributed by atoms with van der Waals surface area (Å²) in [6.45, 7) is 0. The lowest BCUT2D eigenvalue weighted by Gasteiger charge is -2.40. The van der Waals surface area contributed by atoms with Crippen LogP contribution in [-0.2, 0) is 0 Å². The summed E-state index contributed by atoms with van der Waals surface area (Å²) in [5.41, 5.74) is 4.48. The quantitative estimate of drug-likeness (QED) is 0.799. The molecule has 2 N–H and O–H groups in total. The first kappa shape index (κ1) is 11.8. The van der Waals surface area contributed by atoms with E-state index in [0.29, 0.717) is 12.1 Å². The molecule has 0 saturated heterocycles. The van der Waals surface area contributed by atoms with Crippen LogP contribution in [0, 0.1) is 0 Å². The standard InChI is InChI=1S/C7H6F5NOS/c8-15(9,10,11,12)6-3-1-5(2-4-6)7(13)14/h1-4H,(H2,13,14). The molecule has 15 heavy (non-hydrogen) atoms. The van der Waals surface area contributed by atoms with E-state index in [0.717, 1.165) is 0 Å². The Balaban J connectivity index is 3.29. The molecule has 0 unspecified atom stereocenters. The maximum atomic E-state index is 12.2. The van der Waals surface area contributed by atoms with Gasteiger partial charge in [-0.3, -0.25) is 4.79 Å². The molecule has 0 aromatic heterocycles. The van der Waals surface area contributed by atoms with E-state index in [9.17, 15) is 24.2 Å². The number of primary amides is 1. The van der Waals surface area contributed by atoms with Crippen molar-refractivity contribution in [2.75, 3.05) is 0 Å². The van der Waals surface area contributed by atoms with Crippen molar-refractivity contribution in [1.82, 2.24) is 0 Å². The summed E-state index contributed by atoms with van der Waals surface area (Å²) in [4.78, 5) is 8.44. The molecule has 2 nitrogen and oxygen atoms in total. The molecule has 0 aliphatic rings. The molecule has 1 aromatic carbocycles. The average molecular weight is 247 g/mol. The summed E-state index contributed by atoms with van der Waals surface area (Å²) in [5.74, 6) is -0.983. The van der Waals surface area contributed by atoms with Crippen LogP contribution in [0.5, 0.6) is 0 Å². The minimum absolute atomic E-state index is 0.141. The van der Waals surface area contributed by atoms with Crippen LogP contribution in [0.2, 0.25) is 0 Å². The second-order valence-corrected chi connectivity index (χ2v) is 5.27. The second kappa shape index (κ2) is 2.43. The van der Waals surface area contributed by atoms with Crippen LogP contribution in [-0.4, -0.2) is 5.91 Å². The summed E-state index contributed by atoms with van der Waals surface area (Å²) in [6, 6.07) is 1.49. The first-order valence-electron chi connectivity index (χ1n) is 3.54. The average Bonchev–Trinajstić information content (AvgIpc) is 2.00. The Morgan fingerprint density at radius 1 is 1.00 bits per heavy atom. The molecule has 0 fully saturated rings. The van der Waals surface area contributed by atoms with Gasteiger partial charge in [0.15, 0.2) is 0 Å². The number of amides is 1. The van der Waals surface area contributed by atoms with Gasteiger partial charge in [0.25, 0.3) is 0 Å². The van der Waals surface area contributed by atoms with Gasteiger partial charge in [-0.25, -0.2) is 0 Å². The molecule has 0 spiro atoms. The van der Waals surface area contributed by atoms with Crippen molar-refractivity contribution in [2.24, 2.45) is 5.73 Å². The summed E-state index contributed by atoms with van der Waals surface area (Å²) >= 11 is 0. The van der Waals surface area contributed by atoms with Crippen molar-refractivity contribution in [3.63, 3.8) is 0 Å². The highest BCUT2D eigenvalue weighted by Crippen LogP contribution is 3.02. The Kier molecular flexibility index (Phi) is 1.91. The van der Waals surface area contributed by atoms with Crippen molar-refractivity contribution in [3.8, 4) is 0 Å². The second-order valence-electron chi connectivity index (χ2n) is 2.86. The van der Waals surface area contributed by atoms with Crippen molar-refractivity contribution in [1.29, 1.82) is 0 Å². The zero-order valence-corrected chi connectivity index (χ0v) is 7.91. The molecule has 1 aromatic rings. The molecule has 0 heterocycles. The number of benzene rings is 1. The van der Waals surface area contributed by atoms with Crippen molar-refractivity contribution in [3.05, 3.63) is 29.8 Å². The van der Waals surface area contributed by atoms with E-state index in [4.69, 9.17) is 5.73 Å². The lowest BCUT2D eigenvalue weighted by atomic mass is 10.2. The predicted molar refractivity (Wildman–Crippen MR) is 46.4 cm³/mol. The molecule has 0 aliphatic heterocycles. The third kappa shape index (κ3) is 2.82. The van der Waals surface area contributed by atoms with Crippen molar-refractivity contribution >= 4 is 16.1 Å². The van der Waals surface area contributed by atoms with E-state index in [2.05, 4.69) is 0 Å². The minimum atomic E-state index is -9.64. The molecular weight excluding hydrogens is 241 g/mol. The topological polar surface area (TPSA) is 43.1 Å². The Bertz CT molecular complexity index is 408. The summed E-state index contributed by atoms with van der Waals surface area (Å²) in [6.07, 6.45) is 0. The first-order valence-corrected chi connectivity index (χ1v) is 5.49.